The molecule has 0 aliphatic carbocycles. The summed E-state index contributed by atoms with van der Waals surface area (Å²) in [5.41, 5.74) is 1.21. The van der Waals surface area contributed by atoms with Gasteiger partial charge in [0, 0.05) is 7.11 Å². The summed E-state index contributed by atoms with van der Waals surface area (Å²) >= 11 is 0. The molecule has 2 unspecified atom stereocenters. The number of benzene rings is 1. The van der Waals surface area contributed by atoms with Gasteiger partial charge in [0.15, 0.2) is 0 Å². The molecule has 2 atom stereocenters. The van der Waals surface area contributed by atoms with Gasteiger partial charge in [0.05, 0.1) is 32.0 Å². The minimum Gasteiger partial charge on any atom is -0.494 e. The lowest BCUT2D eigenvalue weighted by atomic mass is 10.1. The second-order valence-electron chi connectivity index (χ2n) is 5.13. The van der Waals surface area contributed by atoms with Gasteiger partial charge in [-0.3, -0.25) is 0 Å². The Morgan fingerprint density at radius 3 is 2.38 bits per heavy atom. The smallest absolute Gasteiger partial charge is 0.119 e. The predicted octanol–water partition coefficient (Wildman–Crippen LogP) is 3.18. The lowest BCUT2D eigenvalue weighted by Crippen LogP contribution is -2.28. The predicted molar refractivity (Wildman–Crippen MR) is 85.9 cm³/mol. The van der Waals surface area contributed by atoms with Gasteiger partial charge in [0.2, 0.25) is 0 Å². The number of rotatable bonds is 11. The van der Waals surface area contributed by atoms with E-state index in [1.807, 2.05) is 19.1 Å². The van der Waals surface area contributed by atoms with Crippen molar-refractivity contribution in [1.82, 2.24) is 5.32 Å². The molecule has 0 aliphatic rings. The first kappa shape index (κ1) is 18.0. The van der Waals surface area contributed by atoms with E-state index in [2.05, 4.69) is 31.3 Å². The topological polar surface area (TPSA) is 39.7 Å². The first-order valence-electron chi connectivity index (χ1n) is 7.77. The maximum absolute atomic E-state index is 5.83. The van der Waals surface area contributed by atoms with E-state index in [1.165, 1.54) is 5.56 Å². The zero-order chi connectivity index (χ0) is 15.5. The van der Waals surface area contributed by atoms with Gasteiger partial charge >= 0.3 is 0 Å². The van der Waals surface area contributed by atoms with Gasteiger partial charge in [-0.05, 0) is 37.6 Å². The average molecular weight is 295 g/mol. The Morgan fingerprint density at radius 2 is 1.81 bits per heavy atom. The quantitative estimate of drug-likeness (QED) is 0.680. The third-order valence-electron chi connectivity index (χ3n) is 3.15. The molecular formula is C17H29NO3. The van der Waals surface area contributed by atoms with Gasteiger partial charge < -0.3 is 19.5 Å². The van der Waals surface area contributed by atoms with Crippen LogP contribution in [0.2, 0.25) is 0 Å². The maximum atomic E-state index is 5.83. The molecule has 1 rings (SSSR count). The second-order valence-corrected chi connectivity index (χ2v) is 5.13. The Bertz CT molecular complexity index is 367. The molecule has 0 saturated carbocycles. The molecule has 1 aromatic carbocycles. The van der Waals surface area contributed by atoms with Crippen molar-refractivity contribution >= 4 is 0 Å². The highest BCUT2D eigenvalue weighted by molar-refractivity contribution is 5.29. The van der Waals surface area contributed by atoms with Gasteiger partial charge in [0.1, 0.15) is 5.75 Å². The lowest BCUT2D eigenvalue weighted by Gasteiger charge is -2.21. The van der Waals surface area contributed by atoms with Crippen LogP contribution in [-0.4, -0.2) is 39.6 Å². The fraction of sp³-hybridized carbons (Fsp3) is 0.647. The van der Waals surface area contributed by atoms with Crippen molar-refractivity contribution in [3.63, 3.8) is 0 Å². The molecule has 120 valence electrons. The molecule has 1 aromatic rings. The molecule has 0 fully saturated rings. The second kappa shape index (κ2) is 10.6. The number of hydrogen-bond donors (Lipinski definition) is 1. The SMILES string of the molecule is CCCOc1ccc(C(COC(C)COC)NCC)cc1. The zero-order valence-electron chi connectivity index (χ0n) is 13.7. The van der Waals surface area contributed by atoms with Crippen molar-refractivity contribution in [3.05, 3.63) is 29.8 Å². The van der Waals surface area contributed by atoms with E-state index in [0.29, 0.717) is 13.2 Å². The highest BCUT2D eigenvalue weighted by Gasteiger charge is 2.12. The van der Waals surface area contributed by atoms with Crippen molar-refractivity contribution in [1.29, 1.82) is 0 Å². The number of nitrogens with one attached hydrogen (secondary N) is 1. The van der Waals surface area contributed by atoms with Crippen LogP contribution in [-0.2, 0) is 9.47 Å². The highest BCUT2D eigenvalue weighted by atomic mass is 16.5. The summed E-state index contributed by atoms with van der Waals surface area (Å²) in [5.74, 6) is 0.921. The standard InChI is InChI=1S/C17H29NO3/c1-5-11-20-16-9-7-15(8-10-16)17(18-6-2)13-21-14(3)12-19-4/h7-10,14,17-18H,5-6,11-13H2,1-4H3. The minimum atomic E-state index is 0.100. The van der Waals surface area contributed by atoms with E-state index in [-0.39, 0.29) is 12.1 Å². The molecule has 0 saturated heterocycles. The Morgan fingerprint density at radius 1 is 1.10 bits per heavy atom. The van der Waals surface area contributed by atoms with E-state index in [0.717, 1.165) is 25.3 Å². The Kier molecular flexibility index (Phi) is 9.06. The van der Waals surface area contributed by atoms with E-state index in [4.69, 9.17) is 14.2 Å². The minimum absolute atomic E-state index is 0.100. The summed E-state index contributed by atoms with van der Waals surface area (Å²) in [5, 5.41) is 3.45. The molecule has 4 nitrogen and oxygen atoms in total. The normalized spacial score (nSPS) is 13.9. The fourth-order valence-electron chi connectivity index (χ4n) is 2.08. The molecular weight excluding hydrogens is 266 g/mol. The number of likely N-dealkylation sites (N-methyl/N-ethyl adjacent to an activating group) is 1. The molecule has 0 radical (unpaired) electrons. The molecule has 0 aliphatic heterocycles. The van der Waals surface area contributed by atoms with E-state index in [9.17, 15) is 0 Å². The van der Waals surface area contributed by atoms with Gasteiger partial charge in [0.25, 0.3) is 0 Å². The summed E-state index contributed by atoms with van der Waals surface area (Å²) < 4.78 is 16.5. The monoisotopic (exact) mass is 295 g/mol. The van der Waals surface area contributed by atoms with E-state index in [1.54, 1.807) is 7.11 Å². The lowest BCUT2D eigenvalue weighted by molar-refractivity contribution is -0.000390. The van der Waals surface area contributed by atoms with Gasteiger partial charge in [-0.2, -0.15) is 0 Å². The summed E-state index contributed by atoms with van der Waals surface area (Å²) in [6.07, 6.45) is 1.12. The van der Waals surface area contributed by atoms with Crippen LogP contribution in [0, 0.1) is 0 Å². The highest BCUT2D eigenvalue weighted by Crippen LogP contribution is 2.19. The molecule has 0 heterocycles. The molecule has 4 heteroatoms. The van der Waals surface area contributed by atoms with Crippen molar-refractivity contribution in [2.24, 2.45) is 0 Å². The van der Waals surface area contributed by atoms with E-state index < -0.39 is 0 Å². The van der Waals surface area contributed by atoms with Crippen LogP contribution in [0.1, 0.15) is 38.8 Å². The molecule has 0 bridgehead atoms. The molecule has 0 spiro atoms. The van der Waals surface area contributed by atoms with Crippen LogP contribution in [0.15, 0.2) is 24.3 Å². The van der Waals surface area contributed by atoms with Crippen LogP contribution in [0.5, 0.6) is 5.75 Å². The van der Waals surface area contributed by atoms with Crippen LogP contribution in [0.4, 0.5) is 0 Å². The van der Waals surface area contributed by atoms with Crippen LogP contribution in [0.25, 0.3) is 0 Å². The van der Waals surface area contributed by atoms with Crippen molar-refractivity contribution < 1.29 is 14.2 Å². The molecule has 0 aromatic heterocycles. The Labute approximate surface area is 128 Å². The number of methoxy groups -OCH3 is 1. The third kappa shape index (κ3) is 6.93. The molecule has 0 amide bonds. The zero-order valence-corrected chi connectivity index (χ0v) is 13.7. The van der Waals surface area contributed by atoms with Crippen LogP contribution < -0.4 is 10.1 Å². The first-order chi connectivity index (χ1) is 10.2. The first-order valence-corrected chi connectivity index (χ1v) is 7.77. The summed E-state index contributed by atoms with van der Waals surface area (Å²) in [4.78, 5) is 0. The Balaban J connectivity index is 2.58. The van der Waals surface area contributed by atoms with Crippen molar-refractivity contribution in [2.45, 2.75) is 39.3 Å². The summed E-state index contributed by atoms with van der Waals surface area (Å²) in [7, 11) is 1.69. The summed E-state index contributed by atoms with van der Waals surface area (Å²) in [6.45, 7) is 9.14. The average Bonchev–Trinajstić information content (AvgIpc) is 2.50. The van der Waals surface area contributed by atoms with Crippen molar-refractivity contribution in [2.75, 3.05) is 33.5 Å². The molecule has 1 N–H and O–H groups in total. The largest absolute Gasteiger partial charge is 0.494 e. The van der Waals surface area contributed by atoms with E-state index >= 15 is 0 Å². The maximum Gasteiger partial charge on any atom is 0.119 e. The van der Waals surface area contributed by atoms with Gasteiger partial charge in [-0.25, -0.2) is 0 Å². The molecule has 21 heavy (non-hydrogen) atoms. The number of ether oxygens (including phenoxy) is 3. The third-order valence-corrected chi connectivity index (χ3v) is 3.15. The summed E-state index contributed by atoms with van der Waals surface area (Å²) in [6, 6.07) is 8.43. The fourth-order valence-corrected chi connectivity index (χ4v) is 2.08. The van der Waals surface area contributed by atoms with Crippen LogP contribution >= 0.6 is 0 Å². The van der Waals surface area contributed by atoms with Crippen LogP contribution in [0.3, 0.4) is 0 Å². The van der Waals surface area contributed by atoms with Crippen molar-refractivity contribution in [3.8, 4) is 5.75 Å². The van der Waals surface area contributed by atoms with Gasteiger partial charge in [-0.15, -0.1) is 0 Å². The van der Waals surface area contributed by atoms with Gasteiger partial charge in [-0.1, -0.05) is 26.0 Å². The number of hydrogen-bond acceptors (Lipinski definition) is 4. The Hall–Kier alpha value is -1.10.